The molecule has 4 nitrogen and oxygen atoms in total. The molecular weight excluding hydrogens is 130 g/mol. The van der Waals surface area contributed by atoms with Crippen molar-refractivity contribution in [3.05, 3.63) is 0 Å². The highest BCUT2D eigenvalue weighted by molar-refractivity contribution is 5.75. The van der Waals surface area contributed by atoms with Crippen LogP contribution in [0.2, 0.25) is 0 Å². The van der Waals surface area contributed by atoms with E-state index in [1.807, 2.05) is 6.92 Å². The third-order valence-corrected chi connectivity index (χ3v) is 1.27. The summed E-state index contributed by atoms with van der Waals surface area (Å²) < 4.78 is 5.03. The first-order valence-corrected chi connectivity index (χ1v) is 3.28. The lowest BCUT2D eigenvalue weighted by Gasteiger charge is -2.08. The van der Waals surface area contributed by atoms with E-state index >= 15 is 0 Å². The van der Waals surface area contributed by atoms with Crippen molar-refractivity contribution in [3.8, 4) is 0 Å². The highest BCUT2D eigenvalue weighted by atomic mass is 16.5. The van der Waals surface area contributed by atoms with Gasteiger partial charge in [-0.2, -0.15) is 0 Å². The molecule has 60 valence electrons. The minimum atomic E-state index is 0.121. The van der Waals surface area contributed by atoms with Crippen molar-refractivity contribution in [2.75, 3.05) is 13.7 Å². The van der Waals surface area contributed by atoms with Crippen LogP contribution in [0.4, 0.5) is 0 Å². The van der Waals surface area contributed by atoms with Crippen LogP contribution in [0.1, 0.15) is 13.3 Å². The van der Waals surface area contributed by atoms with Crippen LogP contribution in [0.15, 0.2) is 4.99 Å². The Hall–Kier alpha value is -0.770. The zero-order valence-corrected chi connectivity index (χ0v) is 6.50. The summed E-state index contributed by atoms with van der Waals surface area (Å²) in [6.07, 6.45) is 1.06. The van der Waals surface area contributed by atoms with Gasteiger partial charge in [0.15, 0.2) is 5.96 Å². The first-order valence-electron chi connectivity index (χ1n) is 3.28. The molecule has 0 aliphatic rings. The second-order valence-electron chi connectivity index (χ2n) is 2.03. The molecule has 0 radical (unpaired) electrons. The molecule has 0 saturated heterocycles. The molecule has 0 amide bonds. The maximum Gasteiger partial charge on any atom is 0.185 e. The normalized spacial score (nSPS) is 12.6. The summed E-state index contributed by atoms with van der Waals surface area (Å²) in [5, 5.41) is 0. The van der Waals surface area contributed by atoms with Crippen LogP contribution in [0.3, 0.4) is 0 Å². The van der Waals surface area contributed by atoms with Crippen molar-refractivity contribution in [1.29, 1.82) is 0 Å². The Kier molecular flexibility index (Phi) is 4.66. The summed E-state index contributed by atoms with van der Waals surface area (Å²) in [5.74, 6) is 0.121. The predicted octanol–water partition coefficient (Wildman–Crippen LogP) is -0.315. The van der Waals surface area contributed by atoms with Crippen LogP contribution in [0.25, 0.3) is 0 Å². The van der Waals surface area contributed by atoms with Gasteiger partial charge in [0, 0.05) is 7.11 Å². The number of hydrogen-bond acceptors (Lipinski definition) is 2. The SMILES string of the molecule is CCC(CN=C(N)N)OC. The smallest absolute Gasteiger partial charge is 0.185 e. The Balaban J connectivity index is 3.54. The summed E-state index contributed by atoms with van der Waals surface area (Å²) in [6.45, 7) is 2.58. The monoisotopic (exact) mass is 145 g/mol. The Labute approximate surface area is 61.3 Å². The molecule has 0 aromatic carbocycles. The second kappa shape index (κ2) is 5.05. The number of methoxy groups -OCH3 is 1. The number of ether oxygens (including phenoxy) is 1. The summed E-state index contributed by atoms with van der Waals surface area (Å²) in [6, 6.07) is 0. The van der Waals surface area contributed by atoms with Gasteiger partial charge in [-0.25, -0.2) is 0 Å². The van der Waals surface area contributed by atoms with E-state index in [-0.39, 0.29) is 12.1 Å². The lowest BCUT2D eigenvalue weighted by Crippen LogP contribution is -2.25. The minimum absolute atomic E-state index is 0.121. The molecule has 0 fully saturated rings. The summed E-state index contributed by atoms with van der Waals surface area (Å²) in [7, 11) is 1.65. The fourth-order valence-corrected chi connectivity index (χ4v) is 0.578. The molecule has 1 unspecified atom stereocenters. The summed E-state index contributed by atoms with van der Waals surface area (Å²) in [4.78, 5) is 3.81. The maximum absolute atomic E-state index is 5.12. The molecule has 0 saturated carbocycles. The van der Waals surface area contributed by atoms with Crippen LogP contribution in [0.5, 0.6) is 0 Å². The number of aliphatic imine (C=N–C) groups is 1. The van der Waals surface area contributed by atoms with Crippen LogP contribution in [-0.4, -0.2) is 25.7 Å². The van der Waals surface area contributed by atoms with E-state index in [0.717, 1.165) is 6.42 Å². The Morgan fingerprint density at radius 1 is 1.60 bits per heavy atom. The van der Waals surface area contributed by atoms with Crippen molar-refractivity contribution in [2.45, 2.75) is 19.4 Å². The van der Waals surface area contributed by atoms with Crippen molar-refractivity contribution in [2.24, 2.45) is 16.5 Å². The van der Waals surface area contributed by atoms with Gasteiger partial charge in [-0.05, 0) is 6.42 Å². The number of nitrogens with zero attached hydrogens (tertiary/aromatic N) is 1. The van der Waals surface area contributed by atoms with Gasteiger partial charge in [-0.15, -0.1) is 0 Å². The molecule has 0 rings (SSSR count). The molecule has 4 N–H and O–H groups in total. The van der Waals surface area contributed by atoms with Gasteiger partial charge in [-0.1, -0.05) is 6.92 Å². The zero-order chi connectivity index (χ0) is 7.98. The topological polar surface area (TPSA) is 73.6 Å². The van der Waals surface area contributed by atoms with Gasteiger partial charge >= 0.3 is 0 Å². The number of hydrogen-bond donors (Lipinski definition) is 2. The molecule has 0 aromatic heterocycles. The third kappa shape index (κ3) is 4.14. The molecule has 0 bridgehead atoms. The first kappa shape index (κ1) is 9.23. The Bertz CT molecular complexity index is 106. The van der Waals surface area contributed by atoms with Gasteiger partial charge in [0.2, 0.25) is 0 Å². The highest BCUT2D eigenvalue weighted by Crippen LogP contribution is 1.94. The van der Waals surface area contributed by atoms with Crippen LogP contribution in [0, 0.1) is 0 Å². The van der Waals surface area contributed by atoms with E-state index in [9.17, 15) is 0 Å². The first-order chi connectivity index (χ1) is 4.70. The van der Waals surface area contributed by atoms with E-state index in [1.54, 1.807) is 7.11 Å². The Morgan fingerprint density at radius 2 is 2.20 bits per heavy atom. The molecular formula is C6H15N3O. The van der Waals surface area contributed by atoms with Gasteiger partial charge < -0.3 is 16.2 Å². The van der Waals surface area contributed by atoms with Gasteiger partial charge in [-0.3, -0.25) is 4.99 Å². The van der Waals surface area contributed by atoms with Crippen molar-refractivity contribution in [3.63, 3.8) is 0 Å². The zero-order valence-electron chi connectivity index (χ0n) is 6.50. The molecule has 0 spiro atoms. The van der Waals surface area contributed by atoms with Crippen molar-refractivity contribution in [1.82, 2.24) is 0 Å². The molecule has 4 heteroatoms. The largest absolute Gasteiger partial charge is 0.380 e. The lowest BCUT2D eigenvalue weighted by molar-refractivity contribution is 0.107. The highest BCUT2D eigenvalue weighted by Gasteiger charge is 2.00. The maximum atomic E-state index is 5.12. The summed E-state index contributed by atoms with van der Waals surface area (Å²) >= 11 is 0. The van der Waals surface area contributed by atoms with Gasteiger partial charge in [0.05, 0.1) is 12.6 Å². The van der Waals surface area contributed by atoms with E-state index in [1.165, 1.54) is 0 Å². The van der Waals surface area contributed by atoms with E-state index in [2.05, 4.69) is 4.99 Å². The molecule has 0 aliphatic heterocycles. The standard InChI is InChI=1S/C6H15N3O/c1-3-5(10-2)4-9-6(7)8/h5H,3-4H2,1-2H3,(H4,7,8,9). The van der Waals surface area contributed by atoms with E-state index in [4.69, 9.17) is 16.2 Å². The van der Waals surface area contributed by atoms with Crippen LogP contribution >= 0.6 is 0 Å². The van der Waals surface area contributed by atoms with Crippen LogP contribution < -0.4 is 11.5 Å². The average molecular weight is 145 g/mol. The van der Waals surface area contributed by atoms with Gasteiger partial charge in [0.1, 0.15) is 0 Å². The third-order valence-electron chi connectivity index (χ3n) is 1.27. The number of rotatable bonds is 4. The predicted molar refractivity (Wildman–Crippen MR) is 41.8 cm³/mol. The number of nitrogens with two attached hydrogens (primary N) is 2. The Morgan fingerprint density at radius 3 is 2.50 bits per heavy atom. The fraction of sp³-hybridized carbons (Fsp3) is 0.833. The van der Waals surface area contributed by atoms with E-state index in [0.29, 0.717) is 6.54 Å². The van der Waals surface area contributed by atoms with Crippen molar-refractivity contribution >= 4 is 5.96 Å². The second-order valence-corrected chi connectivity index (χ2v) is 2.03. The van der Waals surface area contributed by atoms with Crippen molar-refractivity contribution < 1.29 is 4.74 Å². The average Bonchev–Trinajstić information content (AvgIpc) is 1.90. The van der Waals surface area contributed by atoms with Gasteiger partial charge in [0.25, 0.3) is 0 Å². The molecule has 0 aliphatic carbocycles. The molecule has 0 heterocycles. The molecule has 10 heavy (non-hydrogen) atoms. The lowest BCUT2D eigenvalue weighted by atomic mass is 10.3. The van der Waals surface area contributed by atoms with Crippen LogP contribution in [-0.2, 0) is 4.74 Å². The minimum Gasteiger partial charge on any atom is -0.380 e. The summed E-state index contributed by atoms with van der Waals surface area (Å²) in [5.41, 5.74) is 10.2. The molecule has 1 atom stereocenters. The number of guanidine groups is 1. The quantitative estimate of drug-likeness (QED) is 0.421. The fourth-order valence-electron chi connectivity index (χ4n) is 0.578. The van der Waals surface area contributed by atoms with E-state index < -0.39 is 0 Å². The molecule has 0 aromatic rings.